The summed E-state index contributed by atoms with van der Waals surface area (Å²) in [7, 11) is 0. The number of aliphatic hydroxyl groups is 1. The van der Waals surface area contributed by atoms with Crippen LogP contribution in [0.25, 0.3) is 0 Å². The van der Waals surface area contributed by atoms with Crippen molar-refractivity contribution in [2.45, 2.75) is 72.0 Å². The normalized spacial score (nSPS) is 38.9. The van der Waals surface area contributed by atoms with E-state index in [0.29, 0.717) is 24.0 Å². The van der Waals surface area contributed by atoms with Crippen LogP contribution in [0.1, 0.15) is 59.8 Å². The van der Waals surface area contributed by atoms with Crippen molar-refractivity contribution in [3.8, 4) is 0 Å². The van der Waals surface area contributed by atoms with Gasteiger partial charge in [0.15, 0.2) is 17.7 Å². The Morgan fingerprint density at radius 1 is 1.22 bits per heavy atom. The van der Waals surface area contributed by atoms with E-state index in [1.807, 2.05) is 6.92 Å². The van der Waals surface area contributed by atoms with Crippen LogP contribution in [0.5, 0.6) is 0 Å². The van der Waals surface area contributed by atoms with E-state index in [-0.39, 0.29) is 35.2 Å². The molecule has 0 aliphatic heterocycles. The number of allylic oxidation sites excluding steroid dienone is 2. The molecular formula is C22H30O5. The molecule has 5 nitrogen and oxygen atoms in total. The predicted octanol–water partition coefficient (Wildman–Crippen LogP) is 3.16. The first-order valence-electron chi connectivity index (χ1n) is 9.82. The average Bonchev–Trinajstić information content (AvgIpc) is 2.84. The highest BCUT2D eigenvalue weighted by Gasteiger charge is 2.54. The van der Waals surface area contributed by atoms with E-state index < -0.39 is 23.6 Å². The van der Waals surface area contributed by atoms with Gasteiger partial charge in [-0.2, -0.15) is 0 Å². The number of carbonyl (C=O) groups excluding carboxylic acids is 3. The summed E-state index contributed by atoms with van der Waals surface area (Å²) in [5, 5.41) is 10.9. The van der Waals surface area contributed by atoms with Crippen molar-refractivity contribution in [2.24, 2.45) is 22.7 Å². The fraction of sp³-hybridized carbons (Fsp3) is 0.682. The Bertz CT molecular complexity index is 731. The van der Waals surface area contributed by atoms with Crippen LogP contribution in [-0.4, -0.2) is 34.9 Å². The molecule has 3 aliphatic carbocycles. The molecule has 1 saturated carbocycles. The minimum Gasteiger partial charge on any atom is -0.454 e. The minimum absolute atomic E-state index is 0.0910. The Morgan fingerprint density at radius 3 is 2.52 bits per heavy atom. The summed E-state index contributed by atoms with van der Waals surface area (Å²) >= 11 is 0. The fourth-order valence-corrected chi connectivity index (χ4v) is 5.57. The molecule has 5 atom stereocenters. The maximum Gasteiger partial charge on any atom is 0.303 e. The number of carbonyl (C=O) groups is 3. The van der Waals surface area contributed by atoms with Gasteiger partial charge in [0.1, 0.15) is 0 Å². The Morgan fingerprint density at radius 2 is 1.89 bits per heavy atom. The maximum atomic E-state index is 13.6. The molecule has 0 aromatic rings. The minimum atomic E-state index is -0.904. The summed E-state index contributed by atoms with van der Waals surface area (Å²) in [4.78, 5) is 37.9. The lowest BCUT2D eigenvalue weighted by molar-refractivity contribution is -0.163. The molecule has 1 N–H and O–H groups in total. The highest BCUT2D eigenvalue weighted by molar-refractivity contribution is 6.11. The number of hydrogen-bond donors (Lipinski definition) is 1. The molecule has 0 unspecified atom stereocenters. The van der Waals surface area contributed by atoms with E-state index >= 15 is 0 Å². The van der Waals surface area contributed by atoms with Gasteiger partial charge in [-0.1, -0.05) is 39.8 Å². The Labute approximate surface area is 160 Å². The second-order valence-electron chi connectivity index (χ2n) is 9.34. The molecule has 27 heavy (non-hydrogen) atoms. The first-order valence-corrected chi connectivity index (χ1v) is 9.82. The molecule has 1 fully saturated rings. The summed E-state index contributed by atoms with van der Waals surface area (Å²) in [6.07, 6.45) is 3.03. The summed E-state index contributed by atoms with van der Waals surface area (Å²) in [5.74, 6) is -1.32. The van der Waals surface area contributed by atoms with E-state index in [1.165, 1.54) is 6.92 Å². The number of Topliss-reactive ketones (excluding diaryl/α,β-unsaturated/α-hetero) is 2. The monoisotopic (exact) mass is 374 g/mol. The third-order valence-electron chi connectivity index (χ3n) is 7.06. The van der Waals surface area contributed by atoms with Crippen LogP contribution in [0.15, 0.2) is 23.8 Å². The third-order valence-corrected chi connectivity index (χ3v) is 7.06. The number of hydrogen-bond acceptors (Lipinski definition) is 5. The zero-order chi connectivity index (χ0) is 20.1. The van der Waals surface area contributed by atoms with Gasteiger partial charge in [0, 0.05) is 30.3 Å². The number of ether oxygens (including phenoxy) is 1. The molecule has 3 rings (SSSR count). The molecule has 148 valence electrons. The molecule has 0 spiro atoms. The average molecular weight is 374 g/mol. The topological polar surface area (TPSA) is 80.7 Å². The first-order chi connectivity index (χ1) is 12.5. The fourth-order valence-electron chi connectivity index (χ4n) is 5.57. The maximum absolute atomic E-state index is 13.6. The third kappa shape index (κ3) is 3.31. The van der Waals surface area contributed by atoms with Gasteiger partial charge >= 0.3 is 5.97 Å². The van der Waals surface area contributed by atoms with Crippen molar-refractivity contribution in [1.82, 2.24) is 0 Å². The van der Waals surface area contributed by atoms with E-state index in [1.54, 1.807) is 6.08 Å². The number of esters is 1. The number of aliphatic hydroxyl groups excluding tert-OH is 1. The molecule has 3 aliphatic rings. The largest absolute Gasteiger partial charge is 0.454 e. The molecule has 5 heteroatoms. The quantitative estimate of drug-likeness (QED) is 0.563. The molecule has 0 aromatic carbocycles. The molecule has 0 saturated heterocycles. The van der Waals surface area contributed by atoms with E-state index in [9.17, 15) is 19.5 Å². The van der Waals surface area contributed by atoms with Gasteiger partial charge in [-0.3, -0.25) is 14.4 Å². The summed E-state index contributed by atoms with van der Waals surface area (Å²) < 4.78 is 5.45. The van der Waals surface area contributed by atoms with Crippen molar-refractivity contribution in [3.05, 3.63) is 23.8 Å². The lowest BCUT2D eigenvalue weighted by Gasteiger charge is -2.51. The second-order valence-corrected chi connectivity index (χ2v) is 9.34. The smallest absolute Gasteiger partial charge is 0.303 e. The van der Waals surface area contributed by atoms with Crippen LogP contribution < -0.4 is 0 Å². The summed E-state index contributed by atoms with van der Waals surface area (Å²) in [5.41, 5.74) is -0.125. The number of rotatable bonds is 1. The first kappa shape index (κ1) is 20.0. The van der Waals surface area contributed by atoms with Gasteiger partial charge in [0.2, 0.25) is 0 Å². The Kier molecular flexibility index (Phi) is 4.96. The van der Waals surface area contributed by atoms with Crippen molar-refractivity contribution in [2.75, 3.05) is 0 Å². The van der Waals surface area contributed by atoms with Crippen molar-refractivity contribution in [3.63, 3.8) is 0 Å². The molecular weight excluding hydrogens is 344 g/mol. The standard InChI is InChI=1S/C22H30O5/c1-12-14-9-15(19(12)25)16(24)11-18-21(3,4)7-6-8-22(18,5)20(26)17(10-14)27-13(2)23/h9,14,16-18,24H,1,6-8,10-11H2,2-5H3/t14-,16-,17-,18-,22-/m1/s1. The van der Waals surface area contributed by atoms with E-state index in [4.69, 9.17) is 4.74 Å². The molecule has 0 amide bonds. The second kappa shape index (κ2) is 6.69. The summed E-state index contributed by atoms with van der Waals surface area (Å²) in [6.45, 7) is 11.4. The van der Waals surface area contributed by atoms with E-state index in [0.717, 1.165) is 12.8 Å². The lowest BCUT2D eigenvalue weighted by atomic mass is 9.52. The Hall–Kier alpha value is -1.75. The van der Waals surface area contributed by atoms with Gasteiger partial charge in [0.05, 0.1) is 6.10 Å². The van der Waals surface area contributed by atoms with Gasteiger partial charge < -0.3 is 9.84 Å². The molecule has 0 aromatic heterocycles. The highest BCUT2D eigenvalue weighted by atomic mass is 16.5. The molecule has 0 radical (unpaired) electrons. The van der Waals surface area contributed by atoms with Crippen molar-refractivity contribution in [1.29, 1.82) is 0 Å². The Balaban J connectivity index is 2.11. The van der Waals surface area contributed by atoms with Gasteiger partial charge in [-0.25, -0.2) is 0 Å². The molecule has 0 heterocycles. The van der Waals surface area contributed by atoms with Crippen LogP contribution >= 0.6 is 0 Å². The number of fused-ring (bicyclic) bond motifs is 2. The van der Waals surface area contributed by atoms with Crippen LogP contribution in [0.4, 0.5) is 0 Å². The SMILES string of the molecule is C=C1C(=O)C2=C[C@@H]1C[C@@H](OC(C)=O)C(=O)[C@]1(C)CCCC(C)(C)[C@H]1C[C@H]2O. The van der Waals surface area contributed by atoms with Crippen LogP contribution in [0.3, 0.4) is 0 Å². The highest BCUT2D eigenvalue weighted by Crippen LogP contribution is 2.55. The van der Waals surface area contributed by atoms with Crippen LogP contribution in [-0.2, 0) is 19.1 Å². The van der Waals surface area contributed by atoms with Gasteiger partial charge in [-0.15, -0.1) is 0 Å². The van der Waals surface area contributed by atoms with Gasteiger partial charge in [0.25, 0.3) is 0 Å². The van der Waals surface area contributed by atoms with Crippen molar-refractivity contribution < 1.29 is 24.2 Å². The van der Waals surface area contributed by atoms with Gasteiger partial charge in [-0.05, 0) is 36.2 Å². The van der Waals surface area contributed by atoms with E-state index in [2.05, 4.69) is 20.4 Å². The summed E-state index contributed by atoms with van der Waals surface area (Å²) in [6, 6.07) is 0. The predicted molar refractivity (Wildman–Crippen MR) is 101 cm³/mol. The zero-order valence-electron chi connectivity index (χ0n) is 16.7. The van der Waals surface area contributed by atoms with Crippen LogP contribution in [0.2, 0.25) is 0 Å². The molecule has 2 bridgehead atoms. The van der Waals surface area contributed by atoms with Crippen LogP contribution in [0, 0.1) is 22.7 Å². The zero-order valence-corrected chi connectivity index (χ0v) is 16.7. The van der Waals surface area contributed by atoms with Crippen molar-refractivity contribution >= 4 is 17.5 Å². The lowest BCUT2D eigenvalue weighted by Crippen LogP contribution is -2.52. The number of ketones is 2.